The van der Waals surface area contributed by atoms with Gasteiger partial charge in [0.2, 0.25) is 0 Å². The summed E-state index contributed by atoms with van der Waals surface area (Å²) >= 11 is 0. The Hall–Kier alpha value is -2.34. The Kier molecular flexibility index (Phi) is 5.15. The summed E-state index contributed by atoms with van der Waals surface area (Å²) in [5.74, 6) is 2.44. The summed E-state index contributed by atoms with van der Waals surface area (Å²) < 4.78 is 24.9. The van der Waals surface area contributed by atoms with Crippen LogP contribution >= 0.6 is 0 Å². The molecule has 126 valence electrons. The first-order valence-corrected chi connectivity index (χ1v) is 9.19. The number of benzene rings is 1. The fraction of sp³-hybridized carbons (Fsp3) is 0.278. The van der Waals surface area contributed by atoms with Crippen LogP contribution < -0.4 is 9.47 Å². The summed E-state index contributed by atoms with van der Waals surface area (Å²) in [5.41, 5.74) is 2.86. The van der Waals surface area contributed by atoms with Gasteiger partial charge in [0.25, 0.3) is 0 Å². The summed E-state index contributed by atoms with van der Waals surface area (Å²) in [5, 5.41) is 0. The summed E-state index contributed by atoms with van der Waals surface area (Å²) in [6, 6.07) is 11.4. The van der Waals surface area contributed by atoms with E-state index in [1.807, 2.05) is 60.1 Å². The van der Waals surface area contributed by atoms with E-state index in [0.29, 0.717) is 18.1 Å². The molecule has 1 atom stereocenters. The quantitative estimate of drug-likeness (QED) is 0.661. The topological polar surface area (TPSA) is 52.8 Å². The molecule has 0 unspecified atom stereocenters. The predicted molar refractivity (Wildman–Crippen MR) is 95.1 cm³/mol. The van der Waals surface area contributed by atoms with Crippen molar-refractivity contribution in [3.63, 3.8) is 0 Å². The number of nitrogens with zero attached hydrogens (tertiary/aromatic N) is 2. The second-order valence-electron chi connectivity index (χ2n) is 5.47. The molecule has 1 aromatic carbocycles. The fourth-order valence-corrected chi connectivity index (χ4v) is 3.32. The Morgan fingerprint density at radius 1 is 1.17 bits per heavy atom. The standard InChI is InChI=1S/C18H20N2O3S/c1-14-4-3-9-20-12-15(19-18(14)20)13-24(21)11-10-23-17-7-5-16(22-2)6-8-17/h3-9,12H,10-11,13H2,1-2H3/t24-/m1/s1. The van der Waals surface area contributed by atoms with E-state index in [2.05, 4.69) is 4.98 Å². The molecule has 0 amide bonds. The Bertz CT molecular complexity index is 843. The van der Waals surface area contributed by atoms with Crippen LogP contribution in [-0.2, 0) is 16.6 Å². The van der Waals surface area contributed by atoms with Crippen LogP contribution in [-0.4, -0.2) is 33.1 Å². The highest BCUT2D eigenvalue weighted by atomic mass is 32.2. The Morgan fingerprint density at radius 3 is 2.62 bits per heavy atom. The number of aryl methyl sites for hydroxylation is 1. The number of rotatable bonds is 7. The van der Waals surface area contributed by atoms with E-state index in [9.17, 15) is 4.21 Å². The molecule has 5 nitrogen and oxygen atoms in total. The van der Waals surface area contributed by atoms with Gasteiger partial charge in [-0.25, -0.2) is 4.98 Å². The van der Waals surface area contributed by atoms with Crippen molar-refractivity contribution >= 4 is 16.4 Å². The summed E-state index contributed by atoms with van der Waals surface area (Å²) in [4.78, 5) is 4.55. The van der Waals surface area contributed by atoms with Crippen LogP contribution in [0.1, 0.15) is 11.3 Å². The van der Waals surface area contributed by atoms with Crippen molar-refractivity contribution in [1.29, 1.82) is 0 Å². The van der Waals surface area contributed by atoms with Crippen LogP contribution in [0.3, 0.4) is 0 Å². The van der Waals surface area contributed by atoms with E-state index in [1.54, 1.807) is 7.11 Å². The highest BCUT2D eigenvalue weighted by molar-refractivity contribution is 7.84. The first-order valence-electron chi connectivity index (χ1n) is 7.71. The number of hydrogen-bond acceptors (Lipinski definition) is 4. The summed E-state index contributed by atoms with van der Waals surface area (Å²) in [6.45, 7) is 2.43. The van der Waals surface area contributed by atoms with E-state index in [-0.39, 0.29) is 0 Å². The van der Waals surface area contributed by atoms with E-state index >= 15 is 0 Å². The first kappa shape index (κ1) is 16.5. The molecule has 6 heteroatoms. The minimum atomic E-state index is -1.01. The lowest BCUT2D eigenvalue weighted by molar-refractivity contribution is 0.341. The molecular weight excluding hydrogens is 324 g/mol. The minimum absolute atomic E-state index is 0.408. The van der Waals surface area contributed by atoms with Gasteiger partial charge in [-0.15, -0.1) is 0 Å². The molecule has 2 aromatic heterocycles. The lowest BCUT2D eigenvalue weighted by atomic mass is 10.3. The van der Waals surface area contributed by atoms with Crippen molar-refractivity contribution in [2.75, 3.05) is 19.5 Å². The Balaban J connectivity index is 1.52. The molecule has 0 N–H and O–H groups in total. The van der Waals surface area contributed by atoms with E-state index in [0.717, 1.165) is 28.4 Å². The number of imidazole rings is 1. The van der Waals surface area contributed by atoms with Crippen molar-refractivity contribution in [3.05, 3.63) is 60.0 Å². The minimum Gasteiger partial charge on any atom is -0.497 e. The van der Waals surface area contributed by atoms with Gasteiger partial charge in [-0.3, -0.25) is 4.21 Å². The summed E-state index contributed by atoms with van der Waals surface area (Å²) in [7, 11) is 0.615. The van der Waals surface area contributed by atoms with Crippen LogP contribution in [0.2, 0.25) is 0 Å². The van der Waals surface area contributed by atoms with Crippen LogP contribution in [0, 0.1) is 6.92 Å². The normalized spacial score (nSPS) is 12.2. The van der Waals surface area contributed by atoms with Gasteiger partial charge < -0.3 is 13.9 Å². The SMILES string of the molecule is COc1ccc(OCC[S@@](=O)Cc2cn3cccc(C)c3n2)cc1. The van der Waals surface area contributed by atoms with E-state index < -0.39 is 10.8 Å². The molecule has 0 aliphatic rings. The zero-order valence-electron chi connectivity index (χ0n) is 13.8. The average molecular weight is 344 g/mol. The van der Waals surface area contributed by atoms with Gasteiger partial charge in [0.1, 0.15) is 17.1 Å². The van der Waals surface area contributed by atoms with Gasteiger partial charge in [-0.2, -0.15) is 0 Å². The van der Waals surface area contributed by atoms with Gasteiger partial charge in [0.15, 0.2) is 0 Å². The molecule has 24 heavy (non-hydrogen) atoms. The third-order valence-electron chi connectivity index (χ3n) is 3.68. The predicted octanol–water partition coefficient (Wildman–Crippen LogP) is 2.98. The highest BCUT2D eigenvalue weighted by Gasteiger charge is 2.08. The molecule has 3 aromatic rings. The number of methoxy groups -OCH3 is 1. The third-order valence-corrected chi connectivity index (χ3v) is 4.92. The molecule has 0 fully saturated rings. The molecule has 0 radical (unpaired) electrons. The number of hydrogen-bond donors (Lipinski definition) is 0. The Labute approximate surface area is 143 Å². The van der Waals surface area contributed by atoms with E-state index in [4.69, 9.17) is 9.47 Å². The van der Waals surface area contributed by atoms with Crippen molar-refractivity contribution in [2.24, 2.45) is 0 Å². The maximum atomic E-state index is 12.2. The smallest absolute Gasteiger partial charge is 0.139 e. The molecule has 0 aliphatic carbocycles. The lowest BCUT2D eigenvalue weighted by Crippen LogP contribution is -2.10. The van der Waals surface area contributed by atoms with Crippen LogP contribution in [0.4, 0.5) is 0 Å². The zero-order chi connectivity index (χ0) is 16.9. The number of fused-ring (bicyclic) bond motifs is 1. The molecular formula is C18H20N2O3S. The maximum absolute atomic E-state index is 12.2. The van der Waals surface area contributed by atoms with Gasteiger partial charge in [0.05, 0.1) is 30.9 Å². The van der Waals surface area contributed by atoms with Gasteiger partial charge in [-0.05, 0) is 42.8 Å². The second kappa shape index (κ2) is 7.49. The van der Waals surface area contributed by atoms with Gasteiger partial charge >= 0.3 is 0 Å². The third kappa shape index (κ3) is 3.94. The average Bonchev–Trinajstić information content (AvgIpc) is 2.99. The fourth-order valence-electron chi connectivity index (χ4n) is 2.44. The van der Waals surface area contributed by atoms with Crippen molar-refractivity contribution < 1.29 is 13.7 Å². The number of pyridine rings is 1. The monoisotopic (exact) mass is 344 g/mol. The molecule has 0 aliphatic heterocycles. The number of ether oxygens (including phenoxy) is 2. The largest absolute Gasteiger partial charge is 0.497 e. The zero-order valence-corrected chi connectivity index (χ0v) is 14.6. The molecule has 0 bridgehead atoms. The number of aromatic nitrogens is 2. The van der Waals surface area contributed by atoms with Crippen LogP contribution in [0.15, 0.2) is 48.8 Å². The second-order valence-corrected chi connectivity index (χ2v) is 7.04. The Morgan fingerprint density at radius 2 is 1.92 bits per heavy atom. The molecule has 0 saturated heterocycles. The van der Waals surface area contributed by atoms with Crippen LogP contribution in [0.5, 0.6) is 11.5 Å². The molecule has 0 spiro atoms. The van der Waals surface area contributed by atoms with Crippen molar-refractivity contribution in [2.45, 2.75) is 12.7 Å². The molecule has 3 rings (SSSR count). The first-order chi connectivity index (χ1) is 11.7. The van der Waals surface area contributed by atoms with Gasteiger partial charge in [-0.1, -0.05) is 6.07 Å². The molecule has 2 heterocycles. The van der Waals surface area contributed by atoms with E-state index in [1.165, 1.54) is 0 Å². The maximum Gasteiger partial charge on any atom is 0.139 e. The van der Waals surface area contributed by atoms with Gasteiger partial charge in [0, 0.05) is 23.2 Å². The van der Waals surface area contributed by atoms with Crippen LogP contribution in [0.25, 0.3) is 5.65 Å². The summed E-state index contributed by atoms with van der Waals surface area (Å²) in [6.07, 6.45) is 3.89. The lowest BCUT2D eigenvalue weighted by Gasteiger charge is -2.06. The van der Waals surface area contributed by atoms with Crippen molar-refractivity contribution in [1.82, 2.24) is 9.38 Å². The highest BCUT2D eigenvalue weighted by Crippen LogP contribution is 2.17. The molecule has 0 saturated carbocycles. The van der Waals surface area contributed by atoms with Crippen molar-refractivity contribution in [3.8, 4) is 11.5 Å².